The van der Waals surface area contributed by atoms with E-state index in [0.717, 1.165) is 11.1 Å². The number of thioether (sulfide) groups is 1. The molecule has 0 unspecified atom stereocenters. The Kier molecular flexibility index (Phi) is 5.12. The molecule has 2 aliphatic heterocycles. The number of ether oxygens (including phenoxy) is 1. The van der Waals surface area contributed by atoms with Crippen LogP contribution in [0.3, 0.4) is 0 Å². The Balaban J connectivity index is 1.67. The Labute approximate surface area is 173 Å². The van der Waals surface area contributed by atoms with E-state index in [1.165, 1.54) is 11.8 Å². The number of pyridine rings is 1. The van der Waals surface area contributed by atoms with Crippen molar-refractivity contribution in [1.82, 2.24) is 4.98 Å². The van der Waals surface area contributed by atoms with Gasteiger partial charge in [0.15, 0.2) is 0 Å². The Morgan fingerprint density at radius 2 is 2.21 bits per heavy atom. The van der Waals surface area contributed by atoms with Gasteiger partial charge in [-0.2, -0.15) is 0 Å². The van der Waals surface area contributed by atoms with Gasteiger partial charge >= 0.3 is 0 Å². The average Bonchev–Trinajstić information content (AvgIpc) is 2.69. The standard InChI is InChI=1S/C22H24FN3O2S/c1-14-6-7-18(25-11-14)20(27)26-17-5-3-4-16(8-17)21-10-19(24)29-13-22(21,23)9-15(2)28-12-21/h3-8,10-11,15H,9,12-13,24H2,1-2H3,(H,26,27)/t15-,21-,22+/m0/s1. The summed E-state index contributed by atoms with van der Waals surface area (Å²) in [6, 6.07) is 10.8. The number of halogens is 1. The van der Waals surface area contributed by atoms with Gasteiger partial charge in [-0.05, 0) is 49.2 Å². The monoisotopic (exact) mass is 413 g/mol. The van der Waals surface area contributed by atoms with Gasteiger partial charge in [0.1, 0.15) is 11.4 Å². The first-order valence-electron chi connectivity index (χ1n) is 9.58. The number of fused-ring (bicyclic) bond motifs is 1. The molecule has 4 rings (SSSR count). The van der Waals surface area contributed by atoms with Crippen LogP contribution in [0.5, 0.6) is 0 Å². The summed E-state index contributed by atoms with van der Waals surface area (Å²) in [5.74, 6) is -0.0265. The van der Waals surface area contributed by atoms with Gasteiger partial charge in [0.25, 0.3) is 5.91 Å². The van der Waals surface area contributed by atoms with E-state index >= 15 is 4.39 Å². The van der Waals surface area contributed by atoms with Crippen molar-refractivity contribution >= 4 is 23.4 Å². The summed E-state index contributed by atoms with van der Waals surface area (Å²) in [5, 5.41) is 3.45. The minimum atomic E-state index is -1.47. The zero-order chi connectivity index (χ0) is 20.6. The van der Waals surface area contributed by atoms with Gasteiger partial charge in [-0.3, -0.25) is 9.78 Å². The maximum absolute atomic E-state index is 16.2. The molecule has 3 heterocycles. The molecule has 2 aromatic rings. The van der Waals surface area contributed by atoms with Crippen molar-refractivity contribution in [2.24, 2.45) is 5.73 Å². The normalized spacial score (nSPS) is 28.9. The lowest BCUT2D eigenvalue weighted by Gasteiger charge is -2.51. The predicted octanol–water partition coefficient (Wildman–Crippen LogP) is 3.94. The van der Waals surface area contributed by atoms with E-state index in [0.29, 0.717) is 22.8 Å². The molecule has 29 heavy (non-hydrogen) atoms. The van der Waals surface area contributed by atoms with Gasteiger partial charge in [-0.25, -0.2) is 4.39 Å². The minimum Gasteiger partial charge on any atom is -0.394 e. The molecule has 1 aromatic carbocycles. The molecular weight excluding hydrogens is 389 g/mol. The molecule has 3 N–H and O–H groups in total. The fourth-order valence-corrected chi connectivity index (χ4v) is 5.09. The highest BCUT2D eigenvalue weighted by molar-refractivity contribution is 8.03. The van der Waals surface area contributed by atoms with Crippen LogP contribution < -0.4 is 11.1 Å². The molecule has 0 radical (unpaired) electrons. The predicted molar refractivity (Wildman–Crippen MR) is 114 cm³/mol. The van der Waals surface area contributed by atoms with Gasteiger partial charge in [0.2, 0.25) is 0 Å². The number of nitrogens with zero attached hydrogens (tertiary/aromatic N) is 1. The summed E-state index contributed by atoms with van der Waals surface area (Å²) < 4.78 is 22.1. The molecule has 1 fully saturated rings. The molecule has 3 atom stereocenters. The highest BCUT2D eigenvalue weighted by Gasteiger charge is 2.57. The summed E-state index contributed by atoms with van der Waals surface area (Å²) in [4.78, 5) is 16.7. The highest BCUT2D eigenvalue weighted by atomic mass is 32.2. The first-order valence-corrected chi connectivity index (χ1v) is 10.6. The zero-order valence-corrected chi connectivity index (χ0v) is 17.3. The third kappa shape index (κ3) is 3.65. The molecule has 0 saturated carbocycles. The van der Waals surface area contributed by atoms with Crippen LogP contribution in [0.15, 0.2) is 53.7 Å². The van der Waals surface area contributed by atoms with Crippen LogP contribution in [0.2, 0.25) is 0 Å². The second kappa shape index (κ2) is 7.46. The van der Waals surface area contributed by atoms with E-state index in [1.54, 1.807) is 30.5 Å². The fraction of sp³-hybridized carbons (Fsp3) is 0.364. The first kappa shape index (κ1) is 19.9. The molecule has 0 aliphatic carbocycles. The van der Waals surface area contributed by atoms with Crippen molar-refractivity contribution < 1.29 is 13.9 Å². The molecule has 0 spiro atoms. The van der Waals surface area contributed by atoms with Crippen LogP contribution in [0.25, 0.3) is 0 Å². The number of anilines is 1. The number of rotatable bonds is 3. The SMILES string of the molecule is Cc1ccc(C(=O)Nc2cccc([C@@]34C=C(N)SC[C@]3(F)C[C@H](C)OC4)c2)nc1. The van der Waals surface area contributed by atoms with E-state index in [-0.39, 0.29) is 24.4 Å². The van der Waals surface area contributed by atoms with Crippen LogP contribution in [0.1, 0.15) is 35.0 Å². The quantitative estimate of drug-likeness (QED) is 0.797. The minimum absolute atomic E-state index is 0.156. The van der Waals surface area contributed by atoms with Gasteiger partial charge < -0.3 is 15.8 Å². The number of hydrogen-bond acceptors (Lipinski definition) is 5. The van der Waals surface area contributed by atoms with E-state index in [4.69, 9.17) is 10.5 Å². The summed E-state index contributed by atoms with van der Waals surface area (Å²) in [6.07, 6.45) is 3.58. The van der Waals surface area contributed by atoms with Crippen molar-refractivity contribution in [3.05, 3.63) is 70.5 Å². The lowest BCUT2D eigenvalue weighted by atomic mass is 9.65. The number of alkyl halides is 1. The van der Waals surface area contributed by atoms with Crippen molar-refractivity contribution in [2.75, 3.05) is 17.7 Å². The Bertz CT molecular complexity index is 965. The number of nitrogens with one attached hydrogen (secondary N) is 1. The smallest absolute Gasteiger partial charge is 0.274 e. The molecule has 1 saturated heterocycles. The number of amides is 1. The molecule has 152 valence electrons. The molecule has 5 nitrogen and oxygen atoms in total. The number of nitrogens with two attached hydrogens (primary N) is 1. The van der Waals surface area contributed by atoms with Crippen molar-refractivity contribution in [2.45, 2.75) is 37.5 Å². The highest BCUT2D eigenvalue weighted by Crippen LogP contribution is 2.52. The van der Waals surface area contributed by atoms with Crippen LogP contribution >= 0.6 is 11.8 Å². The topological polar surface area (TPSA) is 77.2 Å². The Morgan fingerprint density at radius 1 is 1.38 bits per heavy atom. The zero-order valence-electron chi connectivity index (χ0n) is 16.4. The van der Waals surface area contributed by atoms with Gasteiger partial charge in [0.05, 0.1) is 23.2 Å². The number of carbonyl (C=O) groups is 1. The third-order valence-electron chi connectivity index (χ3n) is 5.64. The maximum atomic E-state index is 16.2. The van der Waals surface area contributed by atoms with E-state index in [9.17, 15) is 4.79 Å². The second-order valence-corrected chi connectivity index (χ2v) is 8.90. The van der Waals surface area contributed by atoms with Crippen LogP contribution in [-0.4, -0.2) is 35.0 Å². The van der Waals surface area contributed by atoms with Crippen molar-refractivity contribution in [1.29, 1.82) is 0 Å². The fourth-order valence-electron chi connectivity index (χ4n) is 4.04. The lowest BCUT2D eigenvalue weighted by Crippen LogP contribution is -2.59. The molecule has 7 heteroatoms. The molecular formula is C22H24FN3O2S. The second-order valence-electron chi connectivity index (χ2n) is 7.85. The Hall–Kier alpha value is -2.38. The number of hydrogen-bond donors (Lipinski definition) is 2. The molecule has 0 bridgehead atoms. The summed E-state index contributed by atoms with van der Waals surface area (Å²) in [7, 11) is 0. The number of aryl methyl sites for hydroxylation is 1. The maximum Gasteiger partial charge on any atom is 0.274 e. The van der Waals surface area contributed by atoms with Crippen molar-refractivity contribution in [3.8, 4) is 0 Å². The van der Waals surface area contributed by atoms with Gasteiger partial charge in [-0.1, -0.05) is 18.2 Å². The van der Waals surface area contributed by atoms with E-state index in [1.807, 2.05) is 32.0 Å². The number of aromatic nitrogens is 1. The van der Waals surface area contributed by atoms with Crippen LogP contribution in [-0.2, 0) is 10.2 Å². The number of carbonyl (C=O) groups excluding carboxylic acids is 1. The summed E-state index contributed by atoms with van der Waals surface area (Å²) >= 11 is 1.34. The van der Waals surface area contributed by atoms with E-state index in [2.05, 4.69) is 10.3 Å². The van der Waals surface area contributed by atoms with Gasteiger partial charge in [-0.15, -0.1) is 11.8 Å². The first-order chi connectivity index (χ1) is 13.8. The average molecular weight is 414 g/mol. The third-order valence-corrected chi connectivity index (χ3v) is 6.69. The largest absolute Gasteiger partial charge is 0.394 e. The molecule has 2 aliphatic rings. The van der Waals surface area contributed by atoms with Crippen LogP contribution in [0, 0.1) is 6.92 Å². The number of benzene rings is 1. The van der Waals surface area contributed by atoms with Gasteiger partial charge in [0, 0.05) is 24.1 Å². The van der Waals surface area contributed by atoms with E-state index < -0.39 is 11.1 Å². The Morgan fingerprint density at radius 3 is 2.97 bits per heavy atom. The van der Waals surface area contributed by atoms with Crippen LogP contribution in [0.4, 0.5) is 10.1 Å². The molecule has 1 aromatic heterocycles. The summed E-state index contributed by atoms with van der Waals surface area (Å²) in [6.45, 7) is 4.01. The lowest BCUT2D eigenvalue weighted by molar-refractivity contribution is -0.0916. The van der Waals surface area contributed by atoms with Crippen molar-refractivity contribution in [3.63, 3.8) is 0 Å². The molecule has 1 amide bonds. The summed E-state index contributed by atoms with van der Waals surface area (Å²) in [5.41, 5.74) is 6.27.